The molecule has 7 nitrogen and oxygen atoms in total. The molecule has 0 spiro atoms. The van der Waals surface area contributed by atoms with E-state index in [4.69, 9.17) is 10.00 Å². The summed E-state index contributed by atoms with van der Waals surface area (Å²) in [5, 5.41) is 13.4. The highest BCUT2D eigenvalue weighted by Crippen LogP contribution is 2.45. The molecular formula is C24H28F3N5O2. The van der Waals surface area contributed by atoms with Crippen LogP contribution in [0.4, 0.5) is 18.9 Å². The van der Waals surface area contributed by atoms with Gasteiger partial charge in [-0.3, -0.25) is 9.48 Å². The third-order valence-corrected chi connectivity index (χ3v) is 7.28. The molecule has 1 amide bonds. The number of carbonyl (C=O) groups is 1. The number of likely N-dealkylation sites (tertiary alicyclic amines) is 1. The summed E-state index contributed by atoms with van der Waals surface area (Å²) in [7, 11) is 1.63. The number of hydrogen-bond donors (Lipinski definition) is 0. The van der Waals surface area contributed by atoms with Crippen LogP contribution in [0.1, 0.15) is 40.5 Å². The number of amides is 1. The Morgan fingerprint density at radius 2 is 2.12 bits per heavy atom. The van der Waals surface area contributed by atoms with Crippen LogP contribution in [0, 0.1) is 29.6 Å². The molecule has 4 rings (SSSR count). The van der Waals surface area contributed by atoms with Gasteiger partial charge < -0.3 is 14.5 Å². The van der Waals surface area contributed by atoms with Gasteiger partial charge in [0.25, 0.3) is 5.91 Å². The summed E-state index contributed by atoms with van der Waals surface area (Å²) in [6, 6.07) is 5.48. The average molecular weight is 476 g/mol. The minimum Gasteiger partial charge on any atom is -0.384 e. The molecule has 1 aromatic heterocycles. The zero-order chi connectivity index (χ0) is 24.7. The Kier molecular flexibility index (Phi) is 6.34. The van der Waals surface area contributed by atoms with Gasteiger partial charge in [0.1, 0.15) is 0 Å². The fourth-order valence-electron chi connectivity index (χ4n) is 5.40. The Morgan fingerprint density at radius 3 is 2.74 bits per heavy atom. The molecule has 2 fully saturated rings. The van der Waals surface area contributed by atoms with Crippen molar-refractivity contribution in [1.82, 2.24) is 14.7 Å². The van der Waals surface area contributed by atoms with Gasteiger partial charge in [0.05, 0.1) is 35.6 Å². The Balaban J connectivity index is 1.59. The van der Waals surface area contributed by atoms with Crippen molar-refractivity contribution >= 4 is 11.6 Å². The predicted octanol–water partition coefficient (Wildman–Crippen LogP) is 3.72. The minimum absolute atomic E-state index is 0.0386. The highest BCUT2D eigenvalue weighted by Gasteiger charge is 2.51. The van der Waals surface area contributed by atoms with E-state index in [1.54, 1.807) is 30.1 Å². The monoisotopic (exact) mass is 475 g/mol. The Bertz CT molecular complexity index is 1120. The number of methoxy groups -OCH3 is 1. The van der Waals surface area contributed by atoms with Gasteiger partial charge >= 0.3 is 6.18 Å². The Labute approximate surface area is 196 Å². The predicted molar refractivity (Wildman–Crippen MR) is 119 cm³/mol. The van der Waals surface area contributed by atoms with Crippen molar-refractivity contribution in [3.05, 3.63) is 46.8 Å². The second-order valence-corrected chi connectivity index (χ2v) is 9.17. The lowest BCUT2D eigenvalue weighted by Crippen LogP contribution is -2.49. The van der Waals surface area contributed by atoms with E-state index >= 15 is 0 Å². The lowest BCUT2D eigenvalue weighted by Gasteiger charge is -2.44. The number of carbonyl (C=O) groups excluding carboxylic acids is 1. The molecule has 2 saturated heterocycles. The molecule has 34 heavy (non-hydrogen) atoms. The number of benzene rings is 1. The number of anilines is 1. The van der Waals surface area contributed by atoms with Crippen molar-refractivity contribution in [2.45, 2.75) is 33.0 Å². The molecule has 2 atom stereocenters. The van der Waals surface area contributed by atoms with E-state index in [1.165, 1.54) is 6.07 Å². The van der Waals surface area contributed by atoms with E-state index in [9.17, 15) is 18.0 Å². The standard InChI is InChI=1S/C24H28F3N5O2/c1-4-32-16(2)20(11-29-32)22(33)31-13-18-12-30(8-7-23(18,14-31)15-34-3)19-6-5-17(10-28)21(9-19)24(25,26)27/h5-6,9,11,18H,4,7-8,12-15H2,1-3H3/t18-,23+/m1/s1. The van der Waals surface area contributed by atoms with Crippen molar-refractivity contribution in [2.24, 2.45) is 11.3 Å². The Hall–Kier alpha value is -3.06. The molecule has 2 aliphatic rings. The number of aromatic nitrogens is 2. The summed E-state index contributed by atoms with van der Waals surface area (Å²) in [5.74, 6) is -0.0389. The quantitative estimate of drug-likeness (QED) is 0.659. The van der Waals surface area contributed by atoms with Crippen LogP contribution in [0.2, 0.25) is 0 Å². The number of aryl methyl sites for hydroxylation is 1. The number of piperidine rings is 1. The topological polar surface area (TPSA) is 74.4 Å². The van der Waals surface area contributed by atoms with Crippen LogP contribution in [0.5, 0.6) is 0 Å². The third-order valence-electron chi connectivity index (χ3n) is 7.28. The number of alkyl halides is 3. The van der Waals surface area contributed by atoms with Crippen LogP contribution in [0.15, 0.2) is 24.4 Å². The molecule has 3 heterocycles. The van der Waals surface area contributed by atoms with Gasteiger partial charge in [0.15, 0.2) is 0 Å². The molecule has 10 heteroatoms. The van der Waals surface area contributed by atoms with E-state index in [2.05, 4.69) is 5.10 Å². The maximum absolute atomic E-state index is 13.5. The molecule has 1 aromatic carbocycles. The van der Waals surface area contributed by atoms with Gasteiger partial charge in [0.2, 0.25) is 0 Å². The highest BCUT2D eigenvalue weighted by atomic mass is 19.4. The molecule has 0 unspecified atom stereocenters. The summed E-state index contributed by atoms with van der Waals surface area (Å²) in [6.45, 7) is 7.07. The summed E-state index contributed by atoms with van der Waals surface area (Å²) in [6.07, 6.45) is -2.31. The number of rotatable bonds is 5. The number of ether oxygens (including phenoxy) is 1. The first-order valence-corrected chi connectivity index (χ1v) is 11.3. The van der Waals surface area contributed by atoms with Gasteiger partial charge in [-0.05, 0) is 38.5 Å². The second-order valence-electron chi connectivity index (χ2n) is 9.17. The molecular weight excluding hydrogens is 447 g/mol. The van der Waals surface area contributed by atoms with Crippen molar-refractivity contribution in [2.75, 3.05) is 44.8 Å². The van der Waals surface area contributed by atoms with Crippen molar-refractivity contribution in [1.29, 1.82) is 5.26 Å². The van der Waals surface area contributed by atoms with Crippen molar-refractivity contribution in [3.63, 3.8) is 0 Å². The number of hydrogen-bond acceptors (Lipinski definition) is 5. The number of nitriles is 1. The summed E-state index contributed by atoms with van der Waals surface area (Å²) >= 11 is 0. The van der Waals surface area contributed by atoms with Gasteiger partial charge in [-0.2, -0.15) is 23.5 Å². The lowest BCUT2D eigenvalue weighted by molar-refractivity contribution is -0.137. The van der Waals surface area contributed by atoms with Crippen molar-refractivity contribution < 1.29 is 22.7 Å². The van der Waals surface area contributed by atoms with Gasteiger partial charge in [0, 0.05) is 62.5 Å². The van der Waals surface area contributed by atoms with E-state index in [1.807, 2.05) is 23.6 Å². The normalized spacial score (nSPS) is 22.6. The van der Waals surface area contributed by atoms with E-state index < -0.39 is 11.7 Å². The first-order chi connectivity index (χ1) is 16.1. The van der Waals surface area contributed by atoms with Crippen LogP contribution < -0.4 is 4.90 Å². The van der Waals surface area contributed by atoms with Crippen LogP contribution >= 0.6 is 0 Å². The number of halogens is 3. The molecule has 0 bridgehead atoms. The first-order valence-electron chi connectivity index (χ1n) is 11.3. The van der Waals surface area contributed by atoms with Crippen LogP contribution in [-0.2, 0) is 17.5 Å². The molecule has 0 aliphatic carbocycles. The van der Waals surface area contributed by atoms with E-state index in [0.717, 1.165) is 11.8 Å². The number of nitrogens with zero attached hydrogens (tertiary/aromatic N) is 5. The van der Waals surface area contributed by atoms with Crippen LogP contribution in [0.3, 0.4) is 0 Å². The molecule has 2 aliphatic heterocycles. The summed E-state index contributed by atoms with van der Waals surface area (Å²) in [4.78, 5) is 17.1. The molecule has 2 aromatic rings. The minimum atomic E-state index is -4.60. The van der Waals surface area contributed by atoms with Crippen LogP contribution in [-0.4, -0.2) is 60.5 Å². The molecule has 0 saturated carbocycles. The van der Waals surface area contributed by atoms with Crippen LogP contribution in [0.25, 0.3) is 0 Å². The van der Waals surface area contributed by atoms with Gasteiger partial charge in [-0.15, -0.1) is 0 Å². The largest absolute Gasteiger partial charge is 0.417 e. The fourth-order valence-corrected chi connectivity index (χ4v) is 5.40. The zero-order valence-corrected chi connectivity index (χ0v) is 19.5. The average Bonchev–Trinajstić information content (AvgIpc) is 3.37. The summed E-state index contributed by atoms with van der Waals surface area (Å²) in [5.41, 5.74) is 0.265. The van der Waals surface area contributed by atoms with Crippen molar-refractivity contribution in [3.8, 4) is 6.07 Å². The van der Waals surface area contributed by atoms with Gasteiger partial charge in [-0.25, -0.2) is 0 Å². The second kappa shape index (κ2) is 8.95. The highest BCUT2D eigenvalue weighted by molar-refractivity contribution is 5.95. The molecule has 0 N–H and O–H groups in total. The SMILES string of the molecule is CCn1ncc(C(=O)N2C[C@H]3CN(c4ccc(C#N)c(C(F)(F)F)c4)CC[C@@]3(COC)C2)c1C. The van der Waals surface area contributed by atoms with Gasteiger partial charge in [-0.1, -0.05) is 0 Å². The maximum atomic E-state index is 13.5. The fraction of sp³-hybridized carbons (Fsp3) is 0.542. The molecule has 0 radical (unpaired) electrons. The summed E-state index contributed by atoms with van der Waals surface area (Å²) < 4.78 is 47.8. The zero-order valence-electron chi connectivity index (χ0n) is 19.5. The van der Waals surface area contributed by atoms with E-state index in [-0.39, 0.29) is 22.8 Å². The third kappa shape index (κ3) is 4.13. The Morgan fingerprint density at radius 1 is 1.35 bits per heavy atom. The van der Waals surface area contributed by atoms with E-state index in [0.29, 0.717) is 57.0 Å². The lowest BCUT2D eigenvalue weighted by atomic mass is 9.73. The first kappa shape index (κ1) is 24.1. The number of fused-ring (bicyclic) bond motifs is 1. The molecule has 182 valence electrons. The maximum Gasteiger partial charge on any atom is 0.417 e. The smallest absolute Gasteiger partial charge is 0.384 e.